The number of carbonyl (C=O) groups excluding carboxylic acids is 1. The van der Waals surface area contributed by atoms with E-state index in [-0.39, 0.29) is 12.0 Å². The van der Waals surface area contributed by atoms with Crippen LogP contribution in [0.25, 0.3) is 5.65 Å². The van der Waals surface area contributed by atoms with Crippen LogP contribution in [0.3, 0.4) is 0 Å². The Morgan fingerprint density at radius 2 is 1.91 bits per heavy atom. The Kier molecular flexibility index (Phi) is 5.49. The Labute approximate surface area is 208 Å². The highest BCUT2D eigenvalue weighted by atomic mass is 35.5. The van der Waals surface area contributed by atoms with Crippen molar-refractivity contribution in [3.8, 4) is 5.75 Å². The van der Waals surface area contributed by atoms with Crippen LogP contribution in [0.4, 0.5) is 4.39 Å². The largest absolute Gasteiger partial charge is 0.489 e. The van der Waals surface area contributed by atoms with Crippen molar-refractivity contribution >= 4 is 23.2 Å². The molecule has 0 aliphatic carbocycles. The fourth-order valence-electron chi connectivity index (χ4n) is 6.04. The van der Waals surface area contributed by atoms with Crippen molar-refractivity contribution in [1.29, 1.82) is 0 Å². The van der Waals surface area contributed by atoms with Gasteiger partial charge in [-0.25, -0.2) is 13.9 Å². The molecule has 2 saturated heterocycles. The molecule has 0 radical (unpaired) electrons. The number of aromatic nitrogens is 3. The number of fused-ring (bicyclic) bond motifs is 5. The van der Waals surface area contributed by atoms with E-state index in [4.69, 9.17) is 16.3 Å². The van der Waals surface area contributed by atoms with Crippen LogP contribution in [0.5, 0.6) is 5.75 Å². The van der Waals surface area contributed by atoms with Crippen LogP contribution in [0.15, 0.2) is 18.2 Å². The molecule has 3 aliphatic rings. The first-order chi connectivity index (χ1) is 16.8. The summed E-state index contributed by atoms with van der Waals surface area (Å²) in [6.45, 7) is 4.53. The van der Waals surface area contributed by atoms with E-state index in [9.17, 15) is 9.18 Å². The lowest BCUT2D eigenvalue weighted by Crippen LogP contribution is -2.52. The highest BCUT2D eigenvalue weighted by Crippen LogP contribution is 2.36. The summed E-state index contributed by atoms with van der Waals surface area (Å²) in [6.07, 6.45) is 5.35. The molecule has 1 aromatic carbocycles. The first-order valence-corrected chi connectivity index (χ1v) is 12.7. The van der Waals surface area contributed by atoms with Gasteiger partial charge in [0.2, 0.25) is 0 Å². The van der Waals surface area contributed by atoms with E-state index < -0.39 is 5.82 Å². The van der Waals surface area contributed by atoms with E-state index in [1.54, 1.807) is 15.5 Å². The van der Waals surface area contributed by atoms with E-state index in [0.29, 0.717) is 41.5 Å². The van der Waals surface area contributed by atoms with Gasteiger partial charge in [-0.05, 0) is 58.7 Å². The highest BCUT2D eigenvalue weighted by molar-refractivity contribution is 6.31. The number of hydrogen-bond acceptors (Lipinski definition) is 5. The van der Waals surface area contributed by atoms with Crippen LogP contribution in [0.1, 0.15) is 65.1 Å². The monoisotopic (exact) mass is 497 g/mol. The number of rotatable bonds is 3. The Bertz CT molecular complexity index is 1330. The van der Waals surface area contributed by atoms with Gasteiger partial charge < -0.3 is 14.5 Å². The van der Waals surface area contributed by atoms with Gasteiger partial charge in [0.1, 0.15) is 17.7 Å². The minimum Gasteiger partial charge on any atom is -0.489 e. The average molecular weight is 498 g/mol. The SMILES string of the molecule is Cc1nc2c3c(nn2c(C)c1Cl)CN(C(=O)c1ccc(F)cc1OC1CC2CCCC(C1)N2C)C3. The van der Waals surface area contributed by atoms with Crippen LogP contribution in [-0.2, 0) is 13.1 Å². The van der Waals surface area contributed by atoms with Gasteiger partial charge in [-0.2, -0.15) is 5.10 Å². The van der Waals surface area contributed by atoms with E-state index >= 15 is 0 Å². The molecule has 3 aliphatic heterocycles. The lowest BCUT2D eigenvalue weighted by molar-refractivity contribution is -0.000328. The summed E-state index contributed by atoms with van der Waals surface area (Å²) in [5.74, 6) is -0.260. The topological polar surface area (TPSA) is 63.0 Å². The van der Waals surface area contributed by atoms with Crippen LogP contribution >= 0.6 is 11.6 Å². The van der Waals surface area contributed by atoms with Gasteiger partial charge in [0.05, 0.1) is 40.8 Å². The van der Waals surface area contributed by atoms with Gasteiger partial charge in [0, 0.05) is 23.7 Å². The van der Waals surface area contributed by atoms with Crippen LogP contribution in [0.2, 0.25) is 5.02 Å². The predicted octanol–water partition coefficient (Wildman–Crippen LogP) is 4.69. The maximum absolute atomic E-state index is 14.2. The van der Waals surface area contributed by atoms with Gasteiger partial charge in [-0.3, -0.25) is 4.79 Å². The summed E-state index contributed by atoms with van der Waals surface area (Å²) < 4.78 is 22.3. The quantitative estimate of drug-likeness (QED) is 0.525. The fraction of sp³-hybridized carbons (Fsp3) is 0.500. The first-order valence-electron chi connectivity index (χ1n) is 12.3. The molecule has 1 amide bonds. The smallest absolute Gasteiger partial charge is 0.258 e. The molecule has 2 aromatic heterocycles. The number of ether oxygens (including phenoxy) is 1. The Morgan fingerprint density at radius 3 is 2.66 bits per heavy atom. The summed E-state index contributed by atoms with van der Waals surface area (Å²) in [5, 5.41) is 5.27. The second kappa shape index (κ2) is 8.45. The van der Waals surface area contributed by atoms with Crippen molar-refractivity contribution in [3.63, 3.8) is 0 Å². The number of benzene rings is 1. The molecule has 5 heterocycles. The molecule has 2 fully saturated rings. The summed E-state index contributed by atoms with van der Waals surface area (Å²) in [7, 11) is 2.19. The second-order valence-electron chi connectivity index (χ2n) is 10.2. The van der Waals surface area contributed by atoms with E-state index in [1.165, 1.54) is 18.6 Å². The van der Waals surface area contributed by atoms with Crippen molar-refractivity contribution in [2.24, 2.45) is 0 Å². The number of aryl methyl sites for hydroxylation is 2. The molecule has 35 heavy (non-hydrogen) atoms. The standard InChI is InChI=1S/C26H29ClFN5O2/c1-14-24(27)15(2)33-25(29-14)21-12-32(13-22(21)30-33)26(34)20-8-7-16(28)9-23(20)35-19-10-17-5-4-6-18(11-19)31(17)3/h7-9,17-19H,4-6,10-13H2,1-3H3. The van der Waals surface area contributed by atoms with Crippen molar-refractivity contribution in [3.05, 3.63) is 57.2 Å². The molecule has 184 valence electrons. The number of halogens is 2. The van der Waals surface area contributed by atoms with Crippen molar-refractivity contribution in [2.45, 2.75) is 77.2 Å². The predicted molar refractivity (Wildman–Crippen MR) is 130 cm³/mol. The van der Waals surface area contributed by atoms with E-state index in [0.717, 1.165) is 54.0 Å². The molecule has 3 aromatic rings. The molecule has 2 atom stereocenters. The number of nitrogens with zero attached hydrogens (tertiary/aromatic N) is 5. The average Bonchev–Trinajstić information content (AvgIpc) is 3.37. The number of amides is 1. The molecule has 2 bridgehead atoms. The molecule has 7 nitrogen and oxygen atoms in total. The second-order valence-corrected chi connectivity index (χ2v) is 10.6. The Hall–Kier alpha value is -2.71. The maximum Gasteiger partial charge on any atom is 0.258 e. The lowest BCUT2D eigenvalue weighted by Gasteiger charge is -2.46. The third-order valence-corrected chi connectivity index (χ3v) is 8.55. The zero-order valence-corrected chi connectivity index (χ0v) is 21.0. The summed E-state index contributed by atoms with van der Waals surface area (Å²) >= 11 is 6.35. The normalized spacial score (nSPS) is 24.1. The highest BCUT2D eigenvalue weighted by Gasteiger charge is 2.38. The molecule has 0 spiro atoms. The summed E-state index contributed by atoms with van der Waals surface area (Å²) in [6, 6.07) is 5.19. The minimum absolute atomic E-state index is 0.0188. The molecule has 0 N–H and O–H groups in total. The first kappa shape index (κ1) is 22.7. The van der Waals surface area contributed by atoms with E-state index in [1.807, 2.05) is 13.8 Å². The maximum atomic E-state index is 14.2. The van der Waals surface area contributed by atoms with Crippen molar-refractivity contribution in [2.75, 3.05) is 7.05 Å². The van der Waals surface area contributed by atoms with Gasteiger partial charge in [0.25, 0.3) is 5.91 Å². The molecular formula is C26H29ClFN5O2. The molecule has 6 rings (SSSR count). The van der Waals surface area contributed by atoms with Gasteiger partial charge in [-0.1, -0.05) is 18.0 Å². The zero-order chi connectivity index (χ0) is 24.4. The van der Waals surface area contributed by atoms with Crippen LogP contribution in [-0.4, -0.2) is 55.5 Å². The molecular weight excluding hydrogens is 469 g/mol. The van der Waals surface area contributed by atoms with Crippen LogP contribution < -0.4 is 4.74 Å². The third-order valence-electron chi connectivity index (χ3n) is 8.01. The molecule has 0 saturated carbocycles. The minimum atomic E-state index is -0.404. The Morgan fingerprint density at radius 1 is 1.17 bits per heavy atom. The lowest BCUT2D eigenvalue weighted by atomic mass is 9.83. The number of carbonyl (C=O) groups is 1. The van der Waals surface area contributed by atoms with Gasteiger partial charge in [-0.15, -0.1) is 0 Å². The van der Waals surface area contributed by atoms with E-state index in [2.05, 4.69) is 22.0 Å². The van der Waals surface area contributed by atoms with Crippen LogP contribution in [0, 0.1) is 19.7 Å². The summed E-state index contributed by atoms with van der Waals surface area (Å²) in [5.41, 5.74) is 4.42. The van der Waals surface area contributed by atoms with Crippen molar-refractivity contribution in [1.82, 2.24) is 24.4 Å². The summed E-state index contributed by atoms with van der Waals surface area (Å²) in [4.78, 5) is 22.4. The number of piperidine rings is 2. The van der Waals surface area contributed by atoms with Crippen molar-refractivity contribution < 1.29 is 13.9 Å². The molecule has 9 heteroatoms. The number of hydrogen-bond donors (Lipinski definition) is 0. The fourth-order valence-corrected chi connectivity index (χ4v) is 6.16. The third kappa shape index (κ3) is 3.78. The zero-order valence-electron chi connectivity index (χ0n) is 20.2. The Balaban J connectivity index is 1.25. The van der Waals surface area contributed by atoms with Gasteiger partial charge >= 0.3 is 0 Å². The molecule has 2 unspecified atom stereocenters. The van der Waals surface area contributed by atoms with Gasteiger partial charge in [0.15, 0.2) is 5.65 Å².